The number of nitrogens with two attached hydrogens (primary N) is 1. The number of hydrogen-bond donors (Lipinski definition) is 2. The Hall–Kier alpha value is -1.29. The van der Waals surface area contributed by atoms with E-state index in [1.54, 1.807) is 0 Å². The summed E-state index contributed by atoms with van der Waals surface area (Å²) < 4.78 is 2.14. The Kier molecular flexibility index (Phi) is 1.50. The molecule has 0 fully saturated rings. The fraction of sp³-hybridized carbons (Fsp3) is 0.500. The van der Waals surface area contributed by atoms with E-state index in [4.69, 9.17) is 5.73 Å². The van der Waals surface area contributed by atoms with Crippen molar-refractivity contribution in [1.29, 1.82) is 0 Å². The van der Waals surface area contributed by atoms with Crippen molar-refractivity contribution in [3.05, 3.63) is 24.0 Å². The lowest BCUT2D eigenvalue weighted by Crippen LogP contribution is -2.34. The van der Waals surface area contributed by atoms with Crippen molar-refractivity contribution in [3.63, 3.8) is 0 Å². The molecule has 4 nitrogen and oxygen atoms in total. The van der Waals surface area contributed by atoms with Gasteiger partial charge in [0, 0.05) is 19.3 Å². The van der Waals surface area contributed by atoms with E-state index in [9.17, 15) is 0 Å². The van der Waals surface area contributed by atoms with E-state index in [1.165, 1.54) is 0 Å². The highest BCUT2D eigenvalue weighted by Gasteiger charge is 2.32. The minimum Gasteiger partial charge on any atom is -0.354 e. The summed E-state index contributed by atoms with van der Waals surface area (Å²) in [6.07, 6.45) is 8.17. The van der Waals surface area contributed by atoms with Crippen molar-refractivity contribution in [2.24, 2.45) is 5.73 Å². The molecule has 1 aromatic heterocycles. The molecule has 0 aromatic carbocycles. The van der Waals surface area contributed by atoms with E-state index in [1.807, 2.05) is 0 Å². The number of aromatic nitrogens is 2. The van der Waals surface area contributed by atoms with Crippen LogP contribution in [0.1, 0.15) is 18.5 Å². The third-order valence-corrected chi connectivity index (χ3v) is 3.05. The summed E-state index contributed by atoms with van der Waals surface area (Å²) in [5.74, 6) is 0.969. The molecule has 4 heteroatoms. The largest absolute Gasteiger partial charge is 0.354 e. The maximum atomic E-state index is 6.28. The van der Waals surface area contributed by atoms with Gasteiger partial charge in [0.1, 0.15) is 0 Å². The molecule has 0 amide bonds. The summed E-state index contributed by atoms with van der Waals surface area (Å²) in [6.45, 7) is 1.99. The molecule has 3 N–H and O–H groups in total. The number of nitrogens with one attached hydrogen (secondary N) is 1. The van der Waals surface area contributed by atoms with Gasteiger partial charge in [-0.3, -0.25) is 0 Å². The zero-order chi connectivity index (χ0) is 9.60. The first kappa shape index (κ1) is 8.05. The lowest BCUT2D eigenvalue weighted by Gasteiger charge is -2.20. The molecule has 1 aromatic rings. The number of anilines is 1. The highest BCUT2D eigenvalue weighted by atomic mass is 15.3. The molecule has 3 rings (SSSR count). The first-order chi connectivity index (χ1) is 6.78. The van der Waals surface area contributed by atoms with Crippen LogP contribution in [-0.4, -0.2) is 16.1 Å². The zero-order valence-electron chi connectivity index (χ0n) is 8.03. The van der Waals surface area contributed by atoms with Gasteiger partial charge in [-0.15, -0.1) is 0 Å². The molecule has 1 aliphatic carbocycles. The van der Waals surface area contributed by atoms with Gasteiger partial charge in [-0.1, -0.05) is 12.2 Å². The fourth-order valence-electron chi connectivity index (χ4n) is 2.14. The first-order valence-corrected chi connectivity index (χ1v) is 5.03. The van der Waals surface area contributed by atoms with Gasteiger partial charge >= 0.3 is 0 Å². The highest BCUT2D eigenvalue weighted by molar-refractivity contribution is 5.36. The van der Waals surface area contributed by atoms with E-state index >= 15 is 0 Å². The lowest BCUT2D eigenvalue weighted by molar-refractivity contribution is 0.466. The molecule has 2 heterocycles. The van der Waals surface area contributed by atoms with Gasteiger partial charge in [-0.2, -0.15) is 0 Å². The Bertz CT molecular complexity index is 361. The zero-order valence-corrected chi connectivity index (χ0v) is 8.03. The second-order valence-corrected chi connectivity index (χ2v) is 4.11. The number of rotatable bonds is 1. The van der Waals surface area contributed by atoms with Crippen LogP contribution in [0, 0.1) is 0 Å². The van der Waals surface area contributed by atoms with Gasteiger partial charge in [0.2, 0.25) is 5.95 Å². The quantitative estimate of drug-likeness (QED) is 0.644. The second-order valence-electron chi connectivity index (χ2n) is 4.11. The predicted octanol–water partition coefficient (Wildman–Crippen LogP) is 0.813. The molecule has 1 aliphatic heterocycles. The van der Waals surface area contributed by atoms with Gasteiger partial charge in [0.25, 0.3) is 0 Å². The van der Waals surface area contributed by atoms with Crippen molar-refractivity contribution in [2.45, 2.75) is 24.9 Å². The number of nitrogens with zero attached hydrogens (tertiary/aromatic N) is 2. The minimum atomic E-state index is -0.251. The van der Waals surface area contributed by atoms with Crippen molar-refractivity contribution in [3.8, 4) is 0 Å². The summed E-state index contributed by atoms with van der Waals surface area (Å²) in [4.78, 5) is 4.53. The molecule has 0 bridgehead atoms. The molecule has 74 valence electrons. The summed E-state index contributed by atoms with van der Waals surface area (Å²) >= 11 is 0. The summed E-state index contributed by atoms with van der Waals surface area (Å²) in [5, 5.41) is 3.24. The maximum absolute atomic E-state index is 6.28. The monoisotopic (exact) mass is 190 g/mol. The van der Waals surface area contributed by atoms with E-state index in [2.05, 4.69) is 33.2 Å². The SMILES string of the molecule is NC1(c2cn3c(n2)NCC3)CC=CC1. The normalized spacial score (nSPS) is 22.4. The van der Waals surface area contributed by atoms with Crippen molar-refractivity contribution >= 4 is 5.95 Å². The molecule has 2 aliphatic rings. The summed E-state index contributed by atoms with van der Waals surface area (Å²) in [6, 6.07) is 0. The minimum absolute atomic E-state index is 0.251. The van der Waals surface area contributed by atoms with Gasteiger partial charge in [-0.05, 0) is 12.8 Å². The van der Waals surface area contributed by atoms with Gasteiger partial charge < -0.3 is 15.6 Å². The average Bonchev–Trinajstić information content (AvgIpc) is 2.75. The Morgan fingerprint density at radius 1 is 1.43 bits per heavy atom. The lowest BCUT2D eigenvalue weighted by atomic mass is 9.95. The van der Waals surface area contributed by atoms with Gasteiger partial charge in [-0.25, -0.2) is 4.98 Å². The van der Waals surface area contributed by atoms with Crippen LogP contribution in [0.4, 0.5) is 5.95 Å². The number of imidazole rings is 1. The molecule has 0 saturated heterocycles. The standard InChI is InChI=1S/C10H14N4/c11-10(3-1-2-4-10)8-7-14-6-5-12-9(14)13-8/h1-2,7H,3-6,11H2,(H,12,13). The Labute approximate surface area is 82.8 Å². The van der Waals surface area contributed by atoms with E-state index < -0.39 is 0 Å². The molecule has 0 unspecified atom stereocenters. The molecular formula is C10H14N4. The Balaban J connectivity index is 1.97. The van der Waals surface area contributed by atoms with Crippen LogP contribution in [0.2, 0.25) is 0 Å². The van der Waals surface area contributed by atoms with Crippen LogP contribution in [0.15, 0.2) is 18.3 Å². The van der Waals surface area contributed by atoms with Crippen molar-refractivity contribution in [1.82, 2.24) is 9.55 Å². The third-order valence-electron chi connectivity index (χ3n) is 3.05. The predicted molar refractivity (Wildman–Crippen MR) is 55.0 cm³/mol. The first-order valence-electron chi connectivity index (χ1n) is 5.03. The van der Waals surface area contributed by atoms with Crippen LogP contribution >= 0.6 is 0 Å². The molecule has 14 heavy (non-hydrogen) atoms. The maximum Gasteiger partial charge on any atom is 0.203 e. The fourth-order valence-corrected chi connectivity index (χ4v) is 2.14. The molecule has 0 radical (unpaired) electrons. The molecule has 0 spiro atoms. The molecule has 0 atom stereocenters. The van der Waals surface area contributed by atoms with E-state index in [-0.39, 0.29) is 5.54 Å². The third kappa shape index (κ3) is 1.00. The van der Waals surface area contributed by atoms with Crippen molar-refractivity contribution < 1.29 is 0 Å². The highest BCUT2D eigenvalue weighted by Crippen LogP contribution is 2.32. The Morgan fingerprint density at radius 3 is 2.93 bits per heavy atom. The van der Waals surface area contributed by atoms with Crippen molar-refractivity contribution in [2.75, 3.05) is 11.9 Å². The molecule has 0 saturated carbocycles. The summed E-state index contributed by atoms with van der Waals surface area (Å²) in [7, 11) is 0. The number of fused-ring (bicyclic) bond motifs is 1. The smallest absolute Gasteiger partial charge is 0.203 e. The van der Waals surface area contributed by atoms with Crippen LogP contribution in [0.3, 0.4) is 0 Å². The van der Waals surface area contributed by atoms with Crippen LogP contribution in [0.25, 0.3) is 0 Å². The van der Waals surface area contributed by atoms with Crippen LogP contribution in [0.5, 0.6) is 0 Å². The van der Waals surface area contributed by atoms with Crippen LogP contribution < -0.4 is 11.1 Å². The van der Waals surface area contributed by atoms with Crippen LogP contribution in [-0.2, 0) is 12.1 Å². The van der Waals surface area contributed by atoms with E-state index in [0.29, 0.717) is 0 Å². The van der Waals surface area contributed by atoms with E-state index in [0.717, 1.165) is 37.6 Å². The Morgan fingerprint density at radius 2 is 2.21 bits per heavy atom. The topological polar surface area (TPSA) is 55.9 Å². The number of hydrogen-bond acceptors (Lipinski definition) is 3. The van der Waals surface area contributed by atoms with Gasteiger partial charge in [0.05, 0.1) is 11.2 Å². The van der Waals surface area contributed by atoms with Gasteiger partial charge in [0.15, 0.2) is 0 Å². The second kappa shape index (κ2) is 2.60. The average molecular weight is 190 g/mol. The summed E-state index contributed by atoms with van der Waals surface area (Å²) in [5.41, 5.74) is 7.04. The molecular weight excluding hydrogens is 176 g/mol.